The van der Waals surface area contributed by atoms with Crippen molar-refractivity contribution in [2.24, 2.45) is 0 Å². The predicted molar refractivity (Wildman–Crippen MR) is 100 cm³/mol. The summed E-state index contributed by atoms with van der Waals surface area (Å²) in [7, 11) is 0. The molecule has 1 N–H and O–H groups in total. The third kappa shape index (κ3) is 5.77. The van der Waals surface area contributed by atoms with Gasteiger partial charge in [0.1, 0.15) is 0 Å². The second-order valence-corrected chi connectivity index (χ2v) is 9.21. The molecule has 0 bridgehead atoms. The number of rotatable bonds is 7. The molecular formula is C18H17AsCl2O4. The molecule has 0 saturated carbocycles. The van der Waals surface area contributed by atoms with Gasteiger partial charge in [-0.15, -0.1) is 0 Å². The molecule has 0 saturated heterocycles. The zero-order chi connectivity index (χ0) is 18.6. The van der Waals surface area contributed by atoms with Crippen LogP contribution in [0.15, 0.2) is 42.5 Å². The minimum atomic E-state index is -1.29. The van der Waals surface area contributed by atoms with Crippen LogP contribution in [0.4, 0.5) is 0 Å². The van der Waals surface area contributed by atoms with Gasteiger partial charge >= 0.3 is 163 Å². The van der Waals surface area contributed by atoms with Gasteiger partial charge in [0.2, 0.25) is 0 Å². The van der Waals surface area contributed by atoms with Crippen LogP contribution in [-0.2, 0) is 10.0 Å². The topological polar surface area (TPSA) is 63.6 Å². The van der Waals surface area contributed by atoms with E-state index in [2.05, 4.69) is 0 Å². The fourth-order valence-corrected chi connectivity index (χ4v) is 4.50. The van der Waals surface area contributed by atoms with Gasteiger partial charge in [-0.2, -0.15) is 0 Å². The standard InChI is InChI=1S/C18H17AsCl2O4/c1-18(2,17(23)24)25-15-5-3-11(4-6-15)10-19-16(22)12-7-13(20)9-14(21)8-12/h3-9,19H,10H2,1-2H3,(H,23,24). The molecule has 0 aliphatic rings. The fraction of sp³-hybridized carbons (Fsp3) is 0.222. The van der Waals surface area contributed by atoms with E-state index in [0.717, 1.165) is 5.56 Å². The average Bonchev–Trinajstić information content (AvgIpc) is 2.52. The first-order chi connectivity index (χ1) is 11.7. The maximum absolute atomic E-state index is 12.3. The number of carboxylic acid groups (broad SMARTS) is 1. The Morgan fingerprint density at radius 3 is 2.16 bits per heavy atom. The van der Waals surface area contributed by atoms with Gasteiger partial charge in [0, 0.05) is 0 Å². The van der Waals surface area contributed by atoms with Crippen molar-refractivity contribution in [3.05, 3.63) is 63.6 Å². The Labute approximate surface area is 162 Å². The number of benzene rings is 2. The summed E-state index contributed by atoms with van der Waals surface area (Å²) in [5.41, 5.74) is 0.250. The van der Waals surface area contributed by atoms with Gasteiger partial charge in [-0.25, -0.2) is 0 Å². The SMILES string of the molecule is CC(C)(Oc1ccc(C[AsH]C(=O)c2cc(Cl)cc(Cl)c2)cc1)C(=O)O. The molecule has 0 aromatic heterocycles. The molecule has 0 radical (unpaired) electrons. The van der Waals surface area contributed by atoms with Crippen LogP contribution in [-0.4, -0.2) is 37.0 Å². The van der Waals surface area contributed by atoms with E-state index < -0.39 is 27.3 Å². The van der Waals surface area contributed by atoms with Gasteiger partial charge in [-0.3, -0.25) is 0 Å². The van der Waals surface area contributed by atoms with Crippen LogP contribution in [0.1, 0.15) is 29.8 Å². The van der Waals surface area contributed by atoms with Crippen molar-refractivity contribution in [1.82, 2.24) is 0 Å². The van der Waals surface area contributed by atoms with E-state index in [1.165, 1.54) is 13.8 Å². The number of aliphatic carboxylic acids is 1. The third-order valence-corrected chi connectivity index (χ3v) is 6.33. The quantitative estimate of drug-likeness (QED) is 0.658. The van der Waals surface area contributed by atoms with Crippen LogP contribution < -0.4 is 4.74 Å². The van der Waals surface area contributed by atoms with Crippen LogP contribution in [0, 0.1) is 0 Å². The Morgan fingerprint density at radius 2 is 1.64 bits per heavy atom. The van der Waals surface area contributed by atoms with Crippen molar-refractivity contribution in [2.75, 3.05) is 0 Å². The van der Waals surface area contributed by atoms with E-state index in [1.807, 2.05) is 12.1 Å². The van der Waals surface area contributed by atoms with E-state index in [1.54, 1.807) is 30.3 Å². The summed E-state index contributed by atoms with van der Waals surface area (Å²) in [6.07, 6.45) is 0. The van der Waals surface area contributed by atoms with Crippen LogP contribution in [0.5, 0.6) is 5.75 Å². The molecule has 2 aromatic rings. The molecule has 0 heterocycles. The molecule has 1 unspecified atom stereocenters. The van der Waals surface area contributed by atoms with Crippen molar-refractivity contribution in [3.8, 4) is 5.75 Å². The summed E-state index contributed by atoms with van der Waals surface area (Å²) in [6.45, 7) is 2.98. The van der Waals surface area contributed by atoms with E-state index in [0.29, 0.717) is 26.6 Å². The minimum absolute atomic E-state index is 0.0803. The molecule has 132 valence electrons. The van der Waals surface area contributed by atoms with Gasteiger partial charge in [-0.1, -0.05) is 0 Å². The van der Waals surface area contributed by atoms with Crippen LogP contribution in [0.25, 0.3) is 0 Å². The summed E-state index contributed by atoms with van der Waals surface area (Å²) in [5.74, 6) is -0.557. The van der Waals surface area contributed by atoms with E-state index >= 15 is 0 Å². The first kappa shape index (κ1) is 19.8. The van der Waals surface area contributed by atoms with Crippen molar-refractivity contribution >= 4 is 49.5 Å². The molecular weight excluding hydrogens is 426 g/mol. The summed E-state index contributed by atoms with van der Waals surface area (Å²) >= 11 is 10.9. The zero-order valence-corrected chi connectivity index (χ0v) is 17.3. The van der Waals surface area contributed by atoms with Crippen LogP contribution in [0.2, 0.25) is 10.0 Å². The first-order valence-corrected chi connectivity index (χ1v) is 10.7. The van der Waals surface area contributed by atoms with Crippen molar-refractivity contribution < 1.29 is 19.4 Å². The summed E-state index contributed by atoms with van der Waals surface area (Å²) in [6, 6.07) is 12.0. The summed E-state index contributed by atoms with van der Waals surface area (Å²) < 4.78 is 5.53. The fourth-order valence-electron chi connectivity index (χ4n) is 1.98. The Kier molecular flexibility index (Phi) is 6.56. The second-order valence-electron chi connectivity index (χ2n) is 5.90. The monoisotopic (exact) mass is 442 g/mol. The van der Waals surface area contributed by atoms with E-state index in [9.17, 15) is 9.59 Å². The Bertz CT molecular complexity index is 768. The number of hydrogen-bond acceptors (Lipinski definition) is 3. The Morgan fingerprint density at radius 1 is 1.08 bits per heavy atom. The normalized spacial score (nSPS) is 11.7. The van der Waals surface area contributed by atoms with Gasteiger partial charge < -0.3 is 0 Å². The number of ether oxygens (including phenoxy) is 1. The number of carboxylic acids is 1. The number of carbonyl (C=O) groups excluding carboxylic acids is 1. The first-order valence-electron chi connectivity index (χ1n) is 7.43. The van der Waals surface area contributed by atoms with Crippen molar-refractivity contribution in [1.29, 1.82) is 0 Å². The van der Waals surface area contributed by atoms with Crippen LogP contribution in [0.3, 0.4) is 0 Å². The molecule has 0 spiro atoms. The van der Waals surface area contributed by atoms with E-state index in [-0.39, 0.29) is 4.57 Å². The molecule has 4 nitrogen and oxygen atoms in total. The summed E-state index contributed by atoms with van der Waals surface area (Å²) in [5, 5.41) is 10.6. The number of halogens is 2. The average molecular weight is 443 g/mol. The van der Waals surface area contributed by atoms with Crippen molar-refractivity contribution in [2.45, 2.75) is 24.7 Å². The number of carbonyl (C=O) groups is 2. The molecule has 2 aromatic carbocycles. The third-order valence-electron chi connectivity index (χ3n) is 3.39. The van der Waals surface area contributed by atoms with Gasteiger partial charge in [-0.05, 0) is 0 Å². The van der Waals surface area contributed by atoms with Gasteiger partial charge in [0.25, 0.3) is 0 Å². The number of hydrogen-bond donors (Lipinski definition) is 1. The van der Waals surface area contributed by atoms with Crippen molar-refractivity contribution in [3.63, 3.8) is 0 Å². The zero-order valence-electron chi connectivity index (χ0n) is 13.7. The molecule has 1 atom stereocenters. The molecule has 7 heteroatoms. The predicted octanol–water partition coefficient (Wildman–Crippen LogP) is 4.01. The van der Waals surface area contributed by atoms with Crippen LogP contribution >= 0.6 is 23.2 Å². The summed E-state index contributed by atoms with van der Waals surface area (Å²) in [4.78, 5) is 23.4. The molecule has 0 amide bonds. The second kappa shape index (κ2) is 8.27. The molecule has 25 heavy (non-hydrogen) atoms. The maximum atomic E-state index is 12.3. The molecule has 0 aliphatic heterocycles. The molecule has 2 rings (SSSR count). The van der Waals surface area contributed by atoms with Gasteiger partial charge in [0.05, 0.1) is 0 Å². The Hall–Kier alpha value is -1.48. The Balaban J connectivity index is 1.97. The molecule has 0 fully saturated rings. The molecule has 0 aliphatic carbocycles. The van der Waals surface area contributed by atoms with E-state index in [4.69, 9.17) is 33.0 Å². The van der Waals surface area contributed by atoms with Gasteiger partial charge in [0.15, 0.2) is 0 Å².